The molecule has 16 aromatic carbocycles. The predicted octanol–water partition coefficient (Wildman–Crippen LogP) is 31.6. The van der Waals surface area contributed by atoms with Crippen LogP contribution in [-0.4, -0.2) is 0 Å². The fourth-order valence-corrected chi connectivity index (χ4v) is 16.6. The molecule has 0 aliphatic carbocycles. The van der Waals surface area contributed by atoms with Crippen molar-refractivity contribution in [2.45, 2.75) is 0 Å². The van der Waals surface area contributed by atoms with Crippen LogP contribution in [0.4, 0.5) is 0 Å². The van der Waals surface area contributed by atoms with E-state index < -0.39 is 0 Å². The SMILES string of the molecule is C(=C\c1ccc2cc3cc(/C=C/c4ccccc4)ccc3cc2c1)/c1ccccc1.C(=C\c1cccs1)/c1ccc2cc3cc(/C=C/c4cccs4)ccc3cc2c1.c1ccc(-c2ccc3cc4cc(-c5ccccc5)ccc4cc3c2)cc1.c1csc(-c2ccc3cc4cc(-c5cccs5)ccc4cc3c2)c1. The van der Waals surface area contributed by atoms with E-state index in [0.29, 0.717) is 0 Å². The topological polar surface area (TPSA) is 0 Å². The Morgan fingerprint density at radius 1 is 0.139 bits per heavy atom. The molecule has 0 saturated heterocycles. The third kappa shape index (κ3) is 16.6. The highest BCUT2D eigenvalue weighted by Crippen LogP contribution is 2.36. The lowest BCUT2D eigenvalue weighted by Gasteiger charge is -2.08. The first kappa shape index (κ1) is 68.5. The van der Waals surface area contributed by atoms with Crippen molar-refractivity contribution in [1.29, 1.82) is 0 Å². The van der Waals surface area contributed by atoms with Crippen molar-refractivity contribution in [3.63, 3.8) is 0 Å². The minimum Gasteiger partial charge on any atom is -0.144 e. The van der Waals surface area contributed by atoms with Crippen molar-refractivity contribution in [3.8, 4) is 43.1 Å². The normalized spacial score (nSPS) is 11.6. The molecular weight excluding hydrogens is 1380 g/mol. The first-order chi connectivity index (χ1) is 53.4. The fourth-order valence-electron chi connectivity index (χ4n) is 13.9. The van der Waals surface area contributed by atoms with Gasteiger partial charge in [0, 0.05) is 19.5 Å². The van der Waals surface area contributed by atoms with Gasteiger partial charge in [-0.1, -0.05) is 279 Å². The van der Waals surface area contributed by atoms with Gasteiger partial charge in [-0.15, -0.1) is 45.3 Å². The van der Waals surface area contributed by atoms with Gasteiger partial charge in [0.25, 0.3) is 0 Å². The van der Waals surface area contributed by atoms with Crippen LogP contribution in [0.5, 0.6) is 0 Å². The van der Waals surface area contributed by atoms with Crippen LogP contribution >= 0.6 is 45.3 Å². The zero-order valence-electron chi connectivity index (χ0n) is 59.2. The third-order valence-electron chi connectivity index (χ3n) is 19.6. The summed E-state index contributed by atoms with van der Waals surface area (Å²) >= 11 is 7.10. The molecule has 0 spiro atoms. The highest BCUT2D eigenvalue weighted by molar-refractivity contribution is 7.14. The van der Waals surface area contributed by atoms with Gasteiger partial charge in [-0.3, -0.25) is 0 Å². The van der Waals surface area contributed by atoms with E-state index in [-0.39, 0.29) is 0 Å². The number of thiophene rings is 4. The summed E-state index contributed by atoms with van der Waals surface area (Å²) in [5.41, 5.74) is 15.0. The molecule has 20 rings (SSSR count). The van der Waals surface area contributed by atoms with Crippen molar-refractivity contribution in [1.82, 2.24) is 0 Å². The number of hydrogen-bond acceptors (Lipinski definition) is 4. The van der Waals surface area contributed by atoms with Crippen LogP contribution in [0.1, 0.15) is 43.1 Å². The molecule has 0 saturated carbocycles. The molecule has 0 aliphatic rings. The van der Waals surface area contributed by atoms with E-state index in [4.69, 9.17) is 0 Å². The molecule has 0 radical (unpaired) electrons. The van der Waals surface area contributed by atoms with Gasteiger partial charge < -0.3 is 0 Å². The Bertz CT molecular complexity index is 6200. The zero-order valence-corrected chi connectivity index (χ0v) is 62.5. The molecule has 4 aromatic heterocycles. The minimum atomic E-state index is 1.21. The van der Waals surface area contributed by atoms with Gasteiger partial charge in [0.1, 0.15) is 0 Å². The van der Waals surface area contributed by atoms with Crippen LogP contribution in [0.3, 0.4) is 0 Å². The van der Waals surface area contributed by atoms with Crippen molar-refractivity contribution in [2.24, 2.45) is 0 Å². The smallest absolute Gasteiger partial charge is 0.0342 e. The van der Waals surface area contributed by atoms with Crippen molar-refractivity contribution in [2.75, 3.05) is 0 Å². The second-order valence-electron chi connectivity index (χ2n) is 27.0. The Hall–Kier alpha value is -12.6. The summed E-state index contributed by atoms with van der Waals surface area (Å²) in [6.45, 7) is 0. The molecule has 108 heavy (non-hydrogen) atoms. The molecule has 0 atom stereocenters. The lowest BCUT2D eigenvalue weighted by atomic mass is 9.96. The highest BCUT2D eigenvalue weighted by atomic mass is 32.1. The van der Waals surface area contributed by atoms with Crippen LogP contribution in [0, 0.1) is 0 Å². The Balaban J connectivity index is 0.000000106. The van der Waals surface area contributed by atoms with Crippen LogP contribution < -0.4 is 0 Å². The number of benzene rings is 16. The zero-order chi connectivity index (χ0) is 72.2. The summed E-state index contributed by atoms with van der Waals surface area (Å²) in [7, 11) is 0. The van der Waals surface area contributed by atoms with Crippen molar-refractivity contribution in [3.05, 3.63) is 429 Å². The standard InChI is InChI=1S/C30H22.C26H18S2.C26H18.C22H14S2/c1-3-7-23(8-4-1)11-13-25-15-17-27-22-30-20-26(14-12-24-9-5-2-6-10-24)16-18-28(30)21-29(27)19-25;1-3-25(27-13-1)11-7-19-5-9-21-18-24-16-20(8-12-26-4-2-14-28-26)6-10-22(24)17-23(21)15-19;1-3-7-19(8-4-1)21-11-13-23-18-26-16-22(20-9-5-2-6-10-20)12-14-24(26)17-25(23)15-21;1-3-21(23-9-1)17-7-5-15-12-20-14-18(22-4-2-10-24-22)8-6-16(20)11-19(15)13-17/h1-22H;1-18H;1-18H;1-14H/b13-11+,14-12+;11-7+,12-8+;;. The lowest BCUT2D eigenvalue weighted by Crippen LogP contribution is -1.82. The van der Waals surface area contributed by atoms with Gasteiger partial charge in [0.2, 0.25) is 0 Å². The first-order valence-electron chi connectivity index (χ1n) is 36.4. The maximum Gasteiger partial charge on any atom is 0.0342 e. The van der Waals surface area contributed by atoms with E-state index >= 15 is 0 Å². The molecule has 0 nitrogen and oxygen atoms in total. The van der Waals surface area contributed by atoms with E-state index in [1.54, 1.807) is 45.3 Å². The molecule has 0 amide bonds. The maximum atomic E-state index is 2.31. The van der Waals surface area contributed by atoms with E-state index in [1.165, 1.54) is 172 Å². The predicted molar refractivity (Wildman–Crippen MR) is 481 cm³/mol. The molecule has 4 heteroatoms. The number of rotatable bonds is 12. The van der Waals surface area contributed by atoms with E-state index in [1.807, 2.05) is 12.1 Å². The van der Waals surface area contributed by atoms with Crippen molar-refractivity contribution < 1.29 is 0 Å². The lowest BCUT2D eigenvalue weighted by molar-refractivity contribution is 1.64. The van der Waals surface area contributed by atoms with E-state index in [2.05, 4.69) is 422 Å². The average Bonchev–Trinajstić information content (AvgIpc) is 1.88. The molecule has 0 fully saturated rings. The highest BCUT2D eigenvalue weighted by Gasteiger charge is 2.09. The summed E-state index contributed by atoms with van der Waals surface area (Å²) in [6.07, 6.45) is 17.4. The Kier molecular flexibility index (Phi) is 20.5. The summed E-state index contributed by atoms with van der Waals surface area (Å²) in [4.78, 5) is 5.21. The van der Waals surface area contributed by atoms with Gasteiger partial charge in [-0.25, -0.2) is 0 Å². The monoisotopic (exact) mass is 1450 g/mol. The number of hydrogen-bond donors (Lipinski definition) is 0. The Labute approximate surface area is 646 Å². The third-order valence-corrected chi connectivity index (χ3v) is 23.1. The summed E-state index contributed by atoms with van der Waals surface area (Å²) < 4.78 is 0. The van der Waals surface area contributed by atoms with Crippen LogP contribution in [0.2, 0.25) is 0 Å². The van der Waals surface area contributed by atoms with Gasteiger partial charge >= 0.3 is 0 Å². The molecule has 4 heterocycles. The molecule has 0 N–H and O–H groups in total. The van der Waals surface area contributed by atoms with Gasteiger partial charge in [-0.2, -0.15) is 0 Å². The second kappa shape index (κ2) is 32.4. The van der Waals surface area contributed by atoms with Crippen molar-refractivity contribution >= 4 is 180 Å². The first-order valence-corrected chi connectivity index (χ1v) is 39.9. The van der Waals surface area contributed by atoms with Crippen LogP contribution in [0.25, 0.3) is 178 Å². The van der Waals surface area contributed by atoms with E-state index in [9.17, 15) is 0 Å². The average molecular weight is 1450 g/mol. The molecule has 0 aliphatic heterocycles. The van der Waals surface area contributed by atoms with Crippen LogP contribution in [0.15, 0.2) is 386 Å². The molecule has 20 aromatic rings. The summed E-state index contributed by atoms with van der Waals surface area (Å²) in [5, 5.41) is 29.0. The summed E-state index contributed by atoms with van der Waals surface area (Å²) in [5.74, 6) is 0. The molecule has 0 unspecified atom stereocenters. The Morgan fingerprint density at radius 3 is 0.685 bits per heavy atom. The maximum absolute atomic E-state index is 2.31. The van der Waals surface area contributed by atoms with Gasteiger partial charge in [0.15, 0.2) is 0 Å². The van der Waals surface area contributed by atoms with E-state index in [0.717, 1.165) is 0 Å². The summed E-state index contributed by atoms with van der Waals surface area (Å²) in [6, 6.07) is 131. The van der Waals surface area contributed by atoms with Crippen LogP contribution in [-0.2, 0) is 0 Å². The molecular formula is C104H72S4. The minimum absolute atomic E-state index is 1.21. The fraction of sp³-hybridized carbons (Fsp3) is 0. The van der Waals surface area contributed by atoms with Gasteiger partial charge in [0.05, 0.1) is 0 Å². The van der Waals surface area contributed by atoms with Gasteiger partial charge in [-0.05, 0) is 308 Å². The Morgan fingerprint density at radius 2 is 0.389 bits per heavy atom. The molecule has 0 bridgehead atoms. The molecule has 512 valence electrons. The quantitative estimate of drug-likeness (QED) is 0.0845. The largest absolute Gasteiger partial charge is 0.144 e. The number of fused-ring (bicyclic) bond motifs is 8. The second-order valence-corrected chi connectivity index (χ2v) is 30.8.